The summed E-state index contributed by atoms with van der Waals surface area (Å²) in [6.07, 6.45) is 3.85. The Bertz CT molecular complexity index is 614. The van der Waals surface area contributed by atoms with E-state index >= 15 is 0 Å². The summed E-state index contributed by atoms with van der Waals surface area (Å²) in [4.78, 5) is 15.9. The molecule has 0 aliphatic carbocycles. The minimum Gasteiger partial charge on any atom is -0.375 e. The number of carbonyl (C=O) groups is 1. The van der Waals surface area contributed by atoms with E-state index in [-0.39, 0.29) is 5.78 Å². The van der Waals surface area contributed by atoms with Gasteiger partial charge in [-0.15, -0.1) is 11.3 Å². The van der Waals surface area contributed by atoms with Gasteiger partial charge in [-0.2, -0.15) is 0 Å². The molecule has 0 unspecified atom stereocenters. The molecule has 0 saturated heterocycles. The zero-order valence-corrected chi connectivity index (χ0v) is 11.1. The summed E-state index contributed by atoms with van der Waals surface area (Å²) in [5.74, 6) is 0.0492. The summed E-state index contributed by atoms with van der Waals surface area (Å²) in [7, 11) is 0. The number of nitrogens with zero attached hydrogens (tertiary/aromatic N) is 1. The number of carbonyl (C=O) groups excluding carboxylic acids is 1. The van der Waals surface area contributed by atoms with Crippen molar-refractivity contribution in [3.63, 3.8) is 0 Å². The molecular weight excluding hydrogens is 244 g/mol. The molecule has 18 heavy (non-hydrogen) atoms. The number of anilines is 1. The Morgan fingerprint density at radius 3 is 2.78 bits per heavy atom. The fourth-order valence-corrected chi connectivity index (χ4v) is 2.34. The molecule has 0 aliphatic heterocycles. The maximum absolute atomic E-state index is 11.7. The Hall–Kier alpha value is -1.94. The second-order valence-corrected chi connectivity index (χ2v) is 4.82. The van der Waals surface area contributed by atoms with E-state index in [0.29, 0.717) is 10.7 Å². The van der Waals surface area contributed by atoms with Gasteiger partial charge in [-0.1, -0.05) is 24.3 Å². The lowest BCUT2D eigenvalue weighted by Gasteiger charge is -2.05. The molecule has 0 bridgehead atoms. The number of ketones is 1. The highest BCUT2D eigenvalue weighted by molar-refractivity contribution is 7.13. The second kappa shape index (κ2) is 5.14. The van der Waals surface area contributed by atoms with Crippen molar-refractivity contribution >= 4 is 28.3 Å². The SMILES string of the molecule is C/C=C\c1ccc(-c2csc(N)n2)cc1C(C)=O. The summed E-state index contributed by atoms with van der Waals surface area (Å²) < 4.78 is 0. The number of hydrogen-bond donors (Lipinski definition) is 1. The van der Waals surface area contributed by atoms with Crippen LogP contribution in [0.2, 0.25) is 0 Å². The van der Waals surface area contributed by atoms with Crippen LogP contribution < -0.4 is 5.73 Å². The molecule has 0 aliphatic rings. The average molecular weight is 258 g/mol. The lowest BCUT2D eigenvalue weighted by Crippen LogP contribution is -1.96. The molecule has 0 amide bonds. The van der Waals surface area contributed by atoms with Gasteiger partial charge in [-0.25, -0.2) is 4.98 Å². The fraction of sp³-hybridized carbons (Fsp3) is 0.143. The third kappa shape index (κ3) is 2.49. The first-order valence-corrected chi connectivity index (χ1v) is 6.49. The summed E-state index contributed by atoms with van der Waals surface area (Å²) in [5, 5.41) is 2.43. The van der Waals surface area contributed by atoms with Crippen LogP contribution in [0.1, 0.15) is 29.8 Å². The number of aromatic nitrogens is 1. The number of benzene rings is 1. The van der Waals surface area contributed by atoms with Crippen molar-refractivity contribution in [1.82, 2.24) is 4.98 Å². The van der Waals surface area contributed by atoms with Crippen LogP contribution in [0.25, 0.3) is 17.3 Å². The molecule has 2 N–H and O–H groups in total. The van der Waals surface area contributed by atoms with Gasteiger partial charge in [0.1, 0.15) is 0 Å². The zero-order chi connectivity index (χ0) is 13.1. The topological polar surface area (TPSA) is 56.0 Å². The average Bonchev–Trinajstić information content (AvgIpc) is 2.76. The van der Waals surface area contributed by atoms with E-state index in [1.54, 1.807) is 6.92 Å². The Balaban J connectivity index is 2.52. The molecule has 1 heterocycles. The van der Waals surface area contributed by atoms with Crippen molar-refractivity contribution < 1.29 is 4.79 Å². The van der Waals surface area contributed by atoms with E-state index < -0.39 is 0 Å². The normalized spacial score (nSPS) is 11.0. The molecule has 2 rings (SSSR count). The first-order chi connectivity index (χ1) is 8.61. The number of thiazole rings is 1. The van der Waals surface area contributed by atoms with Crippen molar-refractivity contribution in [1.29, 1.82) is 0 Å². The van der Waals surface area contributed by atoms with Crippen molar-refractivity contribution in [2.24, 2.45) is 0 Å². The monoisotopic (exact) mass is 258 g/mol. The van der Waals surface area contributed by atoms with Crippen LogP contribution in [0.3, 0.4) is 0 Å². The Morgan fingerprint density at radius 2 is 2.22 bits per heavy atom. The summed E-state index contributed by atoms with van der Waals surface area (Å²) >= 11 is 1.40. The fourth-order valence-electron chi connectivity index (χ4n) is 1.77. The standard InChI is InChI=1S/C14H14N2OS/c1-3-4-10-5-6-11(7-12(10)9(2)17)13-8-18-14(15)16-13/h3-8H,1-2H3,(H2,15,16)/b4-3-. The predicted octanol–water partition coefficient (Wildman–Crippen LogP) is 3.63. The lowest BCUT2D eigenvalue weighted by molar-refractivity contribution is 0.101. The Morgan fingerprint density at radius 1 is 1.44 bits per heavy atom. The van der Waals surface area contributed by atoms with Crippen molar-refractivity contribution in [3.05, 3.63) is 40.8 Å². The third-order valence-corrected chi connectivity index (χ3v) is 3.27. The quantitative estimate of drug-likeness (QED) is 0.855. The minimum atomic E-state index is 0.0492. The van der Waals surface area contributed by atoms with E-state index in [4.69, 9.17) is 5.73 Å². The van der Waals surface area contributed by atoms with Crippen LogP contribution in [-0.2, 0) is 0 Å². The van der Waals surface area contributed by atoms with Crippen LogP contribution in [0.5, 0.6) is 0 Å². The molecule has 4 heteroatoms. The van der Waals surface area contributed by atoms with E-state index in [2.05, 4.69) is 4.98 Å². The van der Waals surface area contributed by atoms with Crippen LogP contribution in [0, 0.1) is 0 Å². The van der Waals surface area contributed by atoms with E-state index in [1.165, 1.54) is 11.3 Å². The van der Waals surface area contributed by atoms with Gasteiger partial charge in [-0.05, 0) is 25.5 Å². The van der Waals surface area contributed by atoms with E-state index in [0.717, 1.165) is 16.8 Å². The summed E-state index contributed by atoms with van der Waals surface area (Å²) in [6, 6.07) is 5.75. The van der Waals surface area contributed by atoms with Gasteiger partial charge in [-0.3, -0.25) is 4.79 Å². The number of rotatable bonds is 3. The van der Waals surface area contributed by atoms with Gasteiger partial charge in [0.05, 0.1) is 5.69 Å². The van der Waals surface area contributed by atoms with E-state index in [1.807, 2.05) is 42.7 Å². The van der Waals surface area contributed by atoms with Crippen LogP contribution in [0.15, 0.2) is 29.7 Å². The molecule has 3 nitrogen and oxygen atoms in total. The molecule has 0 fully saturated rings. The van der Waals surface area contributed by atoms with Crippen molar-refractivity contribution in [2.45, 2.75) is 13.8 Å². The van der Waals surface area contributed by atoms with Crippen LogP contribution >= 0.6 is 11.3 Å². The second-order valence-electron chi connectivity index (χ2n) is 3.93. The van der Waals surface area contributed by atoms with Crippen LogP contribution in [0.4, 0.5) is 5.13 Å². The van der Waals surface area contributed by atoms with Crippen LogP contribution in [-0.4, -0.2) is 10.8 Å². The molecule has 2 aromatic rings. The summed E-state index contributed by atoms with van der Waals surface area (Å²) in [6.45, 7) is 3.50. The number of hydrogen-bond acceptors (Lipinski definition) is 4. The molecular formula is C14H14N2OS. The molecule has 0 saturated carbocycles. The van der Waals surface area contributed by atoms with Crippen molar-refractivity contribution in [3.8, 4) is 11.3 Å². The molecule has 1 aromatic carbocycles. The largest absolute Gasteiger partial charge is 0.375 e. The molecule has 92 valence electrons. The molecule has 0 spiro atoms. The summed E-state index contributed by atoms with van der Waals surface area (Å²) in [5.41, 5.74) is 8.98. The molecule has 0 atom stereocenters. The number of nitrogen functional groups attached to an aromatic ring is 1. The predicted molar refractivity (Wildman–Crippen MR) is 76.7 cm³/mol. The smallest absolute Gasteiger partial charge is 0.180 e. The van der Waals surface area contributed by atoms with Gasteiger partial charge >= 0.3 is 0 Å². The highest BCUT2D eigenvalue weighted by Crippen LogP contribution is 2.26. The first-order valence-electron chi connectivity index (χ1n) is 5.61. The third-order valence-electron chi connectivity index (χ3n) is 2.60. The number of nitrogens with two attached hydrogens (primary N) is 1. The Labute approximate surface area is 110 Å². The minimum absolute atomic E-state index is 0.0492. The van der Waals surface area contributed by atoms with Gasteiger partial charge in [0, 0.05) is 16.5 Å². The lowest BCUT2D eigenvalue weighted by atomic mass is 9.99. The Kier molecular flexibility index (Phi) is 3.58. The maximum atomic E-state index is 11.7. The zero-order valence-electron chi connectivity index (χ0n) is 10.3. The molecule has 0 radical (unpaired) electrons. The van der Waals surface area contributed by atoms with Gasteiger partial charge in [0.15, 0.2) is 10.9 Å². The number of Topliss-reactive ketones (excluding diaryl/α,β-unsaturated/α-hetero) is 1. The van der Waals surface area contributed by atoms with E-state index in [9.17, 15) is 4.79 Å². The first kappa shape index (κ1) is 12.5. The highest BCUT2D eigenvalue weighted by Gasteiger charge is 2.09. The maximum Gasteiger partial charge on any atom is 0.180 e. The number of allylic oxidation sites excluding steroid dienone is 1. The highest BCUT2D eigenvalue weighted by atomic mass is 32.1. The van der Waals surface area contributed by atoms with Crippen molar-refractivity contribution in [2.75, 3.05) is 5.73 Å². The van der Waals surface area contributed by atoms with Gasteiger partial charge in [0.2, 0.25) is 0 Å². The van der Waals surface area contributed by atoms with Gasteiger partial charge in [0.25, 0.3) is 0 Å². The van der Waals surface area contributed by atoms with Gasteiger partial charge < -0.3 is 5.73 Å². The molecule has 1 aromatic heterocycles.